The van der Waals surface area contributed by atoms with Gasteiger partial charge in [-0.25, -0.2) is 9.97 Å². The van der Waals surface area contributed by atoms with E-state index in [1.165, 1.54) is 36.8 Å². The molecule has 5 heterocycles. The third kappa shape index (κ3) is 7.10. The number of anilines is 1. The Morgan fingerprint density at radius 3 is 2.53 bits per heavy atom. The van der Waals surface area contributed by atoms with Gasteiger partial charge in [-0.2, -0.15) is 0 Å². The topological polar surface area (TPSA) is 96.1 Å². The number of hydrogen-bond donors (Lipinski definition) is 1. The molecule has 3 aromatic heterocycles. The van der Waals surface area contributed by atoms with Gasteiger partial charge in [0.1, 0.15) is 17.1 Å². The summed E-state index contributed by atoms with van der Waals surface area (Å²) in [6.07, 6.45) is 11.2. The molecule has 2 aromatic carbocycles. The summed E-state index contributed by atoms with van der Waals surface area (Å²) < 4.78 is 17.2. The van der Waals surface area contributed by atoms with Crippen molar-refractivity contribution in [1.82, 2.24) is 24.8 Å². The highest BCUT2D eigenvalue weighted by Crippen LogP contribution is 2.53. The molecule has 53 heavy (non-hydrogen) atoms. The average Bonchev–Trinajstić information content (AvgIpc) is 3.65. The van der Waals surface area contributed by atoms with Crippen molar-refractivity contribution in [1.29, 1.82) is 0 Å². The minimum absolute atomic E-state index is 0.334. The van der Waals surface area contributed by atoms with Gasteiger partial charge in [0.25, 0.3) is 5.88 Å². The quantitative estimate of drug-likeness (QED) is 0.137. The predicted molar refractivity (Wildman–Crippen MR) is 207 cm³/mol. The van der Waals surface area contributed by atoms with Gasteiger partial charge in [-0.3, -0.25) is 14.6 Å². The summed E-state index contributed by atoms with van der Waals surface area (Å²) in [7, 11) is 3.29. The van der Waals surface area contributed by atoms with E-state index in [0.29, 0.717) is 52.1 Å². The molecule has 2 saturated heterocycles. The highest BCUT2D eigenvalue weighted by molar-refractivity contribution is 5.81. The minimum Gasteiger partial charge on any atom is -0.491 e. The van der Waals surface area contributed by atoms with Gasteiger partial charge in [0, 0.05) is 80.9 Å². The van der Waals surface area contributed by atoms with Gasteiger partial charge in [-0.1, -0.05) is 38.1 Å². The number of aldehydes is 1. The Morgan fingerprint density at radius 1 is 0.925 bits per heavy atom. The maximum Gasteiger partial charge on any atom is 0.256 e. The smallest absolute Gasteiger partial charge is 0.256 e. The summed E-state index contributed by atoms with van der Waals surface area (Å²) >= 11 is 0. The maximum absolute atomic E-state index is 11.9. The monoisotopic (exact) mass is 714 g/mol. The first kappa shape index (κ1) is 35.1. The number of fused-ring (bicyclic) bond motifs is 1. The fourth-order valence-electron chi connectivity index (χ4n) is 9.00. The van der Waals surface area contributed by atoms with Crippen LogP contribution < -0.4 is 19.1 Å². The van der Waals surface area contributed by atoms with Gasteiger partial charge in [0.2, 0.25) is 0 Å². The largest absolute Gasteiger partial charge is 0.491 e. The van der Waals surface area contributed by atoms with E-state index >= 15 is 0 Å². The molecule has 1 saturated carbocycles. The van der Waals surface area contributed by atoms with Gasteiger partial charge in [-0.15, -0.1) is 0 Å². The first-order chi connectivity index (χ1) is 25.8. The number of benzene rings is 2. The number of nitrogens with zero attached hydrogens (tertiary/aromatic N) is 5. The standard InChI is InChI=1S/C43H50N6O4/c1-29(2)36-7-5-6-8-37(36)38-27-47(26-30-19-40(51-3)42(52-4)46-24-30)17-18-49(38)34-22-43(23-34)12-15-48(16-13-43)33-10-9-32(28-50)39(21-33)53-35-20-31-11-14-44-41(31)45-25-35/h5-11,14,19-21,24-25,28-29,34,38H,12-13,15-18,22-23,26-27H2,1-4H3,(H,44,45). The highest BCUT2D eigenvalue weighted by atomic mass is 16.5. The average molecular weight is 715 g/mol. The van der Waals surface area contributed by atoms with E-state index in [1.807, 2.05) is 36.7 Å². The number of nitrogens with one attached hydrogen (secondary N) is 1. The molecule has 1 atom stereocenters. The first-order valence-corrected chi connectivity index (χ1v) is 18.9. The summed E-state index contributed by atoms with van der Waals surface area (Å²) in [4.78, 5) is 31.9. The van der Waals surface area contributed by atoms with Gasteiger partial charge in [-0.05, 0) is 84.0 Å². The van der Waals surface area contributed by atoms with Gasteiger partial charge in [0.15, 0.2) is 12.0 Å². The number of hydrogen-bond acceptors (Lipinski definition) is 9. The fourth-order valence-corrected chi connectivity index (χ4v) is 9.00. The number of pyridine rings is 2. The number of piperazine rings is 1. The normalized spacial score (nSPS) is 19.4. The lowest BCUT2D eigenvalue weighted by molar-refractivity contribution is -0.0628. The van der Waals surface area contributed by atoms with Crippen LogP contribution in [0.5, 0.6) is 23.1 Å². The van der Waals surface area contributed by atoms with Crippen molar-refractivity contribution in [3.05, 3.63) is 102 Å². The molecule has 0 bridgehead atoms. The second-order valence-electron chi connectivity index (χ2n) is 15.4. The summed E-state index contributed by atoms with van der Waals surface area (Å²) in [6.45, 7) is 10.5. The van der Waals surface area contributed by atoms with Crippen molar-refractivity contribution in [2.75, 3.05) is 51.8 Å². The van der Waals surface area contributed by atoms with E-state index in [4.69, 9.17) is 14.2 Å². The van der Waals surface area contributed by atoms with Crippen molar-refractivity contribution in [3.63, 3.8) is 0 Å². The van der Waals surface area contributed by atoms with Gasteiger partial charge < -0.3 is 24.1 Å². The van der Waals surface area contributed by atoms with Crippen LogP contribution in [0.4, 0.5) is 5.69 Å². The zero-order valence-corrected chi connectivity index (χ0v) is 31.3. The lowest BCUT2D eigenvalue weighted by Crippen LogP contribution is -2.60. The molecule has 2 aliphatic heterocycles. The molecule has 0 radical (unpaired) electrons. The molecule has 1 N–H and O–H groups in total. The van der Waals surface area contributed by atoms with E-state index in [9.17, 15) is 4.79 Å². The molecule has 3 aliphatic rings. The molecule has 5 aromatic rings. The number of piperidine rings is 1. The van der Waals surface area contributed by atoms with E-state index in [1.54, 1.807) is 20.4 Å². The summed E-state index contributed by atoms with van der Waals surface area (Å²) in [6, 6.07) is 21.9. The molecule has 10 heteroatoms. The van der Waals surface area contributed by atoms with E-state index in [0.717, 1.165) is 67.8 Å². The predicted octanol–water partition coefficient (Wildman–Crippen LogP) is 8.01. The van der Waals surface area contributed by atoms with Crippen LogP contribution in [0.25, 0.3) is 11.0 Å². The number of aromatic nitrogens is 3. The Labute approximate surface area is 312 Å². The third-order valence-electron chi connectivity index (χ3n) is 11.9. The second kappa shape index (κ2) is 14.8. The molecule has 0 amide bonds. The number of carbonyl (C=O) groups is 1. The Hall–Kier alpha value is -4.93. The molecular weight excluding hydrogens is 665 g/mol. The zero-order valence-electron chi connectivity index (χ0n) is 31.3. The van der Waals surface area contributed by atoms with Crippen LogP contribution in [0.3, 0.4) is 0 Å². The Morgan fingerprint density at radius 2 is 1.75 bits per heavy atom. The molecule has 1 spiro atoms. The number of ether oxygens (including phenoxy) is 3. The number of methoxy groups -OCH3 is 2. The van der Waals surface area contributed by atoms with Crippen molar-refractivity contribution < 1.29 is 19.0 Å². The number of rotatable bonds is 11. The second-order valence-corrected chi connectivity index (χ2v) is 15.4. The van der Waals surface area contributed by atoms with Crippen LogP contribution in [-0.2, 0) is 6.54 Å². The number of H-pyrrole nitrogens is 1. The van der Waals surface area contributed by atoms with Crippen LogP contribution in [0.1, 0.15) is 78.5 Å². The SMILES string of the molecule is COc1cc(CN2CCN(C3CC4(CCN(c5ccc(C=O)c(Oc6cnc7[nH]ccc7c6)c5)CC4)C3)C(c3ccccc3C(C)C)C2)cnc1OC. The summed E-state index contributed by atoms with van der Waals surface area (Å²) in [5.41, 5.74) is 6.87. The maximum atomic E-state index is 11.9. The Bertz CT molecular complexity index is 2060. The van der Waals surface area contributed by atoms with Crippen LogP contribution in [0.15, 0.2) is 79.3 Å². The lowest BCUT2D eigenvalue weighted by Gasteiger charge is -2.58. The van der Waals surface area contributed by atoms with Crippen LogP contribution in [0, 0.1) is 5.41 Å². The minimum atomic E-state index is 0.334. The summed E-state index contributed by atoms with van der Waals surface area (Å²) in [5, 5.41) is 0.968. The van der Waals surface area contributed by atoms with E-state index in [2.05, 4.69) is 79.9 Å². The molecule has 276 valence electrons. The van der Waals surface area contributed by atoms with E-state index < -0.39 is 0 Å². The van der Waals surface area contributed by atoms with Crippen LogP contribution >= 0.6 is 0 Å². The van der Waals surface area contributed by atoms with Crippen molar-refractivity contribution in [2.24, 2.45) is 5.41 Å². The number of carbonyl (C=O) groups excluding carboxylic acids is 1. The molecule has 10 nitrogen and oxygen atoms in total. The molecule has 3 fully saturated rings. The molecule has 8 rings (SSSR count). The summed E-state index contributed by atoms with van der Waals surface area (Å²) in [5.74, 6) is 2.83. The first-order valence-electron chi connectivity index (χ1n) is 18.9. The lowest BCUT2D eigenvalue weighted by atomic mass is 9.59. The zero-order chi connectivity index (χ0) is 36.5. The van der Waals surface area contributed by atoms with Crippen LogP contribution in [-0.4, -0.2) is 84.0 Å². The highest BCUT2D eigenvalue weighted by Gasteiger charge is 2.50. The van der Waals surface area contributed by atoms with Gasteiger partial charge >= 0.3 is 0 Å². The Balaban J connectivity index is 0.943. The Kier molecular flexibility index (Phi) is 9.83. The molecule has 1 unspecified atom stereocenters. The fraction of sp³-hybridized carbons (Fsp3) is 0.419. The van der Waals surface area contributed by atoms with E-state index in [-0.39, 0.29) is 0 Å². The van der Waals surface area contributed by atoms with Crippen molar-refractivity contribution in [3.8, 4) is 23.1 Å². The van der Waals surface area contributed by atoms with Gasteiger partial charge in [0.05, 0.1) is 26.0 Å². The molecule has 1 aliphatic carbocycles. The van der Waals surface area contributed by atoms with Crippen molar-refractivity contribution in [2.45, 2.75) is 64.1 Å². The third-order valence-corrected chi connectivity index (χ3v) is 11.9. The number of aromatic amines is 1. The van der Waals surface area contributed by atoms with Crippen LogP contribution in [0.2, 0.25) is 0 Å². The van der Waals surface area contributed by atoms with Crippen molar-refractivity contribution >= 4 is 23.0 Å². The molecular formula is C43H50N6O4.